The summed E-state index contributed by atoms with van der Waals surface area (Å²) in [5.74, 6) is 1.52. The zero-order chi connectivity index (χ0) is 20.1. The van der Waals surface area contributed by atoms with Gasteiger partial charge >= 0.3 is 0 Å². The third kappa shape index (κ3) is 4.60. The smallest absolute Gasteiger partial charge is 0.266 e. The predicted molar refractivity (Wildman–Crippen MR) is 113 cm³/mol. The van der Waals surface area contributed by atoms with Crippen molar-refractivity contribution in [1.82, 2.24) is 9.80 Å². The van der Waals surface area contributed by atoms with Crippen LogP contribution in [0.1, 0.15) is 5.56 Å². The monoisotopic (exact) mass is 424 g/mol. The van der Waals surface area contributed by atoms with Crippen molar-refractivity contribution in [3.63, 3.8) is 0 Å². The first-order valence-electron chi connectivity index (χ1n) is 8.93. The molecular formula is C19H24N2O5S2. The van der Waals surface area contributed by atoms with Gasteiger partial charge in [-0.3, -0.25) is 14.6 Å². The molecule has 152 valence electrons. The summed E-state index contributed by atoms with van der Waals surface area (Å²) >= 11 is 6.74. The van der Waals surface area contributed by atoms with Crippen LogP contribution in [0.25, 0.3) is 6.08 Å². The van der Waals surface area contributed by atoms with Gasteiger partial charge in [0.1, 0.15) is 4.32 Å². The van der Waals surface area contributed by atoms with E-state index in [0.717, 1.165) is 38.4 Å². The Bertz CT molecular complexity index is 753. The van der Waals surface area contributed by atoms with Crippen molar-refractivity contribution >= 4 is 40.3 Å². The standard InChI is InChI=1S/C19H24N2O5S2/c1-23-14-10-13(11-15(24-2)17(14)25-3)12-16-18(22)21(19(27)28-16)5-4-20-6-8-26-9-7-20/h10-12H,4-9H2,1-3H3. The number of carbonyl (C=O) groups is 1. The fourth-order valence-corrected chi connectivity index (χ4v) is 4.40. The Balaban J connectivity index is 1.75. The second-order valence-electron chi connectivity index (χ2n) is 6.25. The molecule has 1 aromatic rings. The van der Waals surface area contributed by atoms with Gasteiger partial charge in [0.2, 0.25) is 5.75 Å². The first kappa shape index (κ1) is 20.9. The minimum atomic E-state index is -0.0722. The maximum Gasteiger partial charge on any atom is 0.266 e. The van der Waals surface area contributed by atoms with E-state index in [2.05, 4.69) is 4.90 Å². The average Bonchev–Trinajstić information content (AvgIpc) is 2.98. The van der Waals surface area contributed by atoms with Gasteiger partial charge in [-0.1, -0.05) is 24.0 Å². The predicted octanol–water partition coefficient (Wildman–Crippen LogP) is 2.25. The molecule has 2 aliphatic rings. The van der Waals surface area contributed by atoms with E-state index in [-0.39, 0.29) is 5.91 Å². The maximum absolute atomic E-state index is 12.8. The van der Waals surface area contributed by atoms with Crippen LogP contribution in [0.5, 0.6) is 17.2 Å². The summed E-state index contributed by atoms with van der Waals surface area (Å²) in [4.78, 5) is 17.4. The lowest BCUT2D eigenvalue weighted by atomic mass is 10.1. The van der Waals surface area contributed by atoms with Gasteiger partial charge in [0.15, 0.2) is 11.5 Å². The lowest BCUT2D eigenvalue weighted by molar-refractivity contribution is -0.122. The second-order valence-corrected chi connectivity index (χ2v) is 7.92. The van der Waals surface area contributed by atoms with Crippen LogP contribution in [0.2, 0.25) is 0 Å². The molecule has 2 aliphatic heterocycles. The molecule has 0 radical (unpaired) electrons. The molecule has 28 heavy (non-hydrogen) atoms. The molecule has 0 saturated carbocycles. The molecule has 1 aromatic carbocycles. The normalized spacial score (nSPS) is 19.4. The number of thiocarbonyl (C=S) groups is 1. The number of rotatable bonds is 7. The minimum Gasteiger partial charge on any atom is -0.493 e. The Morgan fingerprint density at radius 3 is 2.32 bits per heavy atom. The molecule has 0 aromatic heterocycles. The van der Waals surface area contributed by atoms with Crippen molar-refractivity contribution in [2.45, 2.75) is 0 Å². The van der Waals surface area contributed by atoms with Crippen LogP contribution in [0, 0.1) is 0 Å². The number of morpholine rings is 1. The number of nitrogens with zero attached hydrogens (tertiary/aromatic N) is 2. The number of ether oxygens (including phenoxy) is 4. The summed E-state index contributed by atoms with van der Waals surface area (Å²) in [6, 6.07) is 3.61. The van der Waals surface area contributed by atoms with E-state index in [1.165, 1.54) is 11.8 Å². The lowest BCUT2D eigenvalue weighted by Crippen LogP contribution is -2.42. The Morgan fingerprint density at radius 2 is 1.75 bits per heavy atom. The van der Waals surface area contributed by atoms with Crippen LogP contribution in [-0.2, 0) is 9.53 Å². The Labute approximate surface area is 174 Å². The van der Waals surface area contributed by atoms with Crippen molar-refractivity contribution < 1.29 is 23.7 Å². The quantitative estimate of drug-likeness (QED) is 0.488. The van der Waals surface area contributed by atoms with Gasteiger partial charge in [-0.05, 0) is 23.8 Å². The van der Waals surface area contributed by atoms with E-state index in [1.807, 2.05) is 12.1 Å². The molecule has 3 rings (SSSR count). The second kappa shape index (κ2) is 9.60. The Morgan fingerprint density at radius 1 is 1.11 bits per heavy atom. The molecular weight excluding hydrogens is 400 g/mol. The molecule has 0 unspecified atom stereocenters. The Kier molecular flexibility index (Phi) is 7.17. The largest absolute Gasteiger partial charge is 0.493 e. The van der Waals surface area contributed by atoms with Crippen molar-refractivity contribution in [1.29, 1.82) is 0 Å². The van der Waals surface area contributed by atoms with Crippen LogP contribution in [-0.4, -0.2) is 80.7 Å². The summed E-state index contributed by atoms with van der Waals surface area (Å²) in [5.41, 5.74) is 0.781. The van der Waals surface area contributed by atoms with Gasteiger partial charge in [0.05, 0.1) is 39.4 Å². The molecule has 0 N–H and O–H groups in total. The zero-order valence-corrected chi connectivity index (χ0v) is 17.9. The van der Waals surface area contributed by atoms with Crippen molar-refractivity contribution in [3.05, 3.63) is 22.6 Å². The lowest BCUT2D eigenvalue weighted by Gasteiger charge is -2.28. The maximum atomic E-state index is 12.8. The molecule has 9 heteroatoms. The summed E-state index contributed by atoms with van der Waals surface area (Å²) in [6.07, 6.45) is 1.80. The van der Waals surface area contributed by atoms with Crippen LogP contribution >= 0.6 is 24.0 Å². The van der Waals surface area contributed by atoms with Gasteiger partial charge in [0, 0.05) is 26.2 Å². The Hall–Kier alpha value is -1.81. The number of carbonyl (C=O) groups excluding carboxylic acids is 1. The van der Waals surface area contributed by atoms with Crippen LogP contribution < -0.4 is 14.2 Å². The first-order valence-corrected chi connectivity index (χ1v) is 10.1. The minimum absolute atomic E-state index is 0.0722. The van der Waals surface area contributed by atoms with Crippen molar-refractivity contribution in [2.24, 2.45) is 0 Å². The molecule has 2 saturated heterocycles. The molecule has 7 nitrogen and oxygen atoms in total. The molecule has 2 fully saturated rings. The van der Waals surface area contributed by atoms with Crippen LogP contribution in [0.15, 0.2) is 17.0 Å². The number of benzene rings is 1. The number of amides is 1. The van der Waals surface area contributed by atoms with E-state index in [9.17, 15) is 4.79 Å². The molecule has 1 amide bonds. The van der Waals surface area contributed by atoms with Crippen molar-refractivity contribution in [3.8, 4) is 17.2 Å². The topological polar surface area (TPSA) is 60.5 Å². The summed E-state index contributed by atoms with van der Waals surface area (Å²) in [5, 5.41) is 0. The molecule has 0 aliphatic carbocycles. The molecule has 0 spiro atoms. The molecule has 0 atom stereocenters. The highest BCUT2D eigenvalue weighted by molar-refractivity contribution is 8.26. The van der Waals surface area contributed by atoms with Gasteiger partial charge in [-0.2, -0.15) is 0 Å². The number of hydrogen-bond donors (Lipinski definition) is 0. The number of thioether (sulfide) groups is 1. The van der Waals surface area contributed by atoms with E-state index in [0.29, 0.717) is 33.0 Å². The van der Waals surface area contributed by atoms with E-state index in [1.54, 1.807) is 32.3 Å². The van der Waals surface area contributed by atoms with Gasteiger partial charge in [0.25, 0.3) is 5.91 Å². The van der Waals surface area contributed by atoms with E-state index < -0.39 is 0 Å². The highest BCUT2D eigenvalue weighted by Gasteiger charge is 2.32. The zero-order valence-electron chi connectivity index (χ0n) is 16.2. The van der Waals surface area contributed by atoms with Crippen molar-refractivity contribution in [2.75, 3.05) is 60.7 Å². The van der Waals surface area contributed by atoms with Crippen LogP contribution in [0.4, 0.5) is 0 Å². The SMILES string of the molecule is COc1cc(C=C2SC(=S)N(CCN3CCOCC3)C2=O)cc(OC)c1OC. The number of hydrogen-bond acceptors (Lipinski definition) is 8. The third-order valence-corrected chi connectivity index (χ3v) is 5.98. The van der Waals surface area contributed by atoms with E-state index in [4.69, 9.17) is 31.2 Å². The highest BCUT2D eigenvalue weighted by atomic mass is 32.2. The fourth-order valence-electron chi connectivity index (χ4n) is 3.10. The number of methoxy groups -OCH3 is 3. The summed E-state index contributed by atoms with van der Waals surface area (Å²) in [6.45, 7) is 4.61. The van der Waals surface area contributed by atoms with Crippen LogP contribution in [0.3, 0.4) is 0 Å². The highest BCUT2D eigenvalue weighted by Crippen LogP contribution is 2.40. The average molecular weight is 425 g/mol. The van der Waals surface area contributed by atoms with Gasteiger partial charge in [-0.15, -0.1) is 0 Å². The first-order chi connectivity index (χ1) is 13.6. The summed E-state index contributed by atoms with van der Waals surface area (Å²) < 4.78 is 22.0. The molecule has 2 heterocycles. The fraction of sp³-hybridized carbons (Fsp3) is 0.474. The summed E-state index contributed by atoms with van der Waals surface area (Å²) in [7, 11) is 4.68. The third-order valence-electron chi connectivity index (χ3n) is 4.60. The molecule has 0 bridgehead atoms. The van der Waals surface area contributed by atoms with Gasteiger partial charge < -0.3 is 18.9 Å². The van der Waals surface area contributed by atoms with E-state index >= 15 is 0 Å². The van der Waals surface area contributed by atoms with Gasteiger partial charge in [-0.25, -0.2) is 0 Å².